The average molecular weight is 317 g/mol. The second-order valence-electron chi connectivity index (χ2n) is 4.20. The van der Waals surface area contributed by atoms with Gasteiger partial charge in [0.25, 0.3) is 0 Å². The van der Waals surface area contributed by atoms with Gasteiger partial charge in [-0.2, -0.15) is 0 Å². The number of aromatic hydroxyl groups is 1. The van der Waals surface area contributed by atoms with E-state index in [9.17, 15) is 5.11 Å². The largest absolute Gasteiger partial charge is 0.506 e. The molecule has 0 radical (unpaired) electrons. The van der Waals surface area contributed by atoms with Crippen molar-refractivity contribution in [3.63, 3.8) is 0 Å². The molecule has 0 aliphatic carbocycles. The summed E-state index contributed by atoms with van der Waals surface area (Å²) in [5.41, 5.74) is 1.75. The monoisotopic (exact) mass is 315 g/mol. The number of hydrogen-bond donors (Lipinski definition) is 2. The van der Waals surface area contributed by atoms with Crippen LogP contribution in [0, 0.1) is 0 Å². The summed E-state index contributed by atoms with van der Waals surface area (Å²) in [6.45, 7) is 1.98. The third-order valence-electron chi connectivity index (χ3n) is 2.76. The Labute approximate surface area is 126 Å². The van der Waals surface area contributed by atoms with Crippen LogP contribution < -0.4 is 5.32 Å². The Morgan fingerprint density at radius 3 is 2.37 bits per heavy atom. The molecule has 19 heavy (non-hydrogen) atoms. The van der Waals surface area contributed by atoms with Crippen molar-refractivity contribution in [2.45, 2.75) is 13.0 Å². The number of phenols is 1. The van der Waals surface area contributed by atoms with Gasteiger partial charge in [-0.1, -0.05) is 40.9 Å². The van der Waals surface area contributed by atoms with Gasteiger partial charge in [0.1, 0.15) is 5.75 Å². The lowest BCUT2D eigenvalue weighted by molar-refractivity contribution is 0.475. The van der Waals surface area contributed by atoms with E-state index in [1.807, 2.05) is 13.0 Å². The average Bonchev–Trinajstić information content (AvgIpc) is 2.33. The van der Waals surface area contributed by atoms with E-state index >= 15 is 0 Å². The molecule has 0 amide bonds. The van der Waals surface area contributed by atoms with Crippen LogP contribution in [0.2, 0.25) is 15.1 Å². The standard InChI is InChI=1S/C14H12Cl3NO/c1-8(11-4-2-9(15)6-12(11)16)18-10-3-5-14(19)13(17)7-10/h2-8,18-19H,1H3. The van der Waals surface area contributed by atoms with Gasteiger partial charge in [0, 0.05) is 21.8 Å². The number of hydrogen-bond acceptors (Lipinski definition) is 2. The van der Waals surface area contributed by atoms with E-state index in [1.165, 1.54) is 0 Å². The van der Waals surface area contributed by atoms with E-state index in [1.54, 1.807) is 30.3 Å². The van der Waals surface area contributed by atoms with Crippen LogP contribution in [-0.4, -0.2) is 5.11 Å². The molecule has 2 aromatic rings. The Morgan fingerprint density at radius 1 is 1.00 bits per heavy atom. The first-order chi connectivity index (χ1) is 8.97. The summed E-state index contributed by atoms with van der Waals surface area (Å²) in [7, 11) is 0. The fourth-order valence-corrected chi connectivity index (χ4v) is 2.53. The van der Waals surface area contributed by atoms with Crippen molar-refractivity contribution in [3.05, 3.63) is 57.0 Å². The summed E-state index contributed by atoms with van der Waals surface area (Å²) in [4.78, 5) is 0. The predicted molar refractivity (Wildman–Crippen MR) is 81.6 cm³/mol. The lowest BCUT2D eigenvalue weighted by atomic mass is 10.1. The zero-order valence-electron chi connectivity index (χ0n) is 10.1. The van der Waals surface area contributed by atoms with E-state index < -0.39 is 0 Å². The van der Waals surface area contributed by atoms with Crippen LogP contribution in [0.5, 0.6) is 5.75 Å². The first-order valence-electron chi connectivity index (χ1n) is 5.67. The first-order valence-corrected chi connectivity index (χ1v) is 6.81. The Bertz CT molecular complexity index is 601. The molecule has 2 aromatic carbocycles. The van der Waals surface area contributed by atoms with Gasteiger partial charge in [-0.25, -0.2) is 0 Å². The summed E-state index contributed by atoms with van der Waals surface area (Å²) in [5, 5.41) is 14.2. The van der Waals surface area contributed by atoms with Gasteiger partial charge >= 0.3 is 0 Å². The molecule has 2 rings (SSSR count). The molecule has 0 aliphatic heterocycles. The third kappa shape index (κ3) is 3.47. The zero-order chi connectivity index (χ0) is 14.0. The maximum absolute atomic E-state index is 9.37. The maximum Gasteiger partial charge on any atom is 0.134 e. The normalized spacial score (nSPS) is 12.2. The number of rotatable bonds is 3. The Kier molecular flexibility index (Phi) is 4.46. The molecule has 0 bridgehead atoms. The molecule has 1 atom stereocenters. The Balaban J connectivity index is 2.20. The summed E-state index contributed by atoms with van der Waals surface area (Å²) in [5.74, 6) is 0.0596. The van der Waals surface area contributed by atoms with Crippen molar-refractivity contribution >= 4 is 40.5 Å². The van der Waals surface area contributed by atoms with E-state index in [-0.39, 0.29) is 11.8 Å². The number of nitrogens with one attached hydrogen (secondary N) is 1. The quantitative estimate of drug-likeness (QED) is 0.730. The number of phenolic OH excluding ortho intramolecular Hbond substituents is 1. The van der Waals surface area contributed by atoms with Crippen LogP contribution in [0.25, 0.3) is 0 Å². The van der Waals surface area contributed by atoms with Crippen molar-refractivity contribution in [3.8, 4) is 5.75 Å². The van der Waals surface area contributed by atoms with Crippen LogP contribution in [0.3, 0.4) is 0 Å². The van der Waals surface area contributed by atoms with E-state index in [0.717, 1.165) is 11.3 Å². The summed E-state index contributed by atoms with van der Waals surface area (Å²) >= 11 is 17.9. The van der Waals surface area contributed by atoms with E-state index in [2.05, 4.69) is 5.32 Å². The van der Waals surface area contributed by atoms with Gasteiger partial charge < -0.3 is 10.4 Å². The molecular weight excluding hydrogens is 305 g/mol. The fourth-order valence-electron chi connectivity index (χ4n) is 1.78. The molecule has 5 heteroatoms. The minimum absolute atomic E-state index is 0.00891. The van der Waals surface area contributed by atoms with Gasteiger partial charge in [-0.3, -0.25) is 0 Å². The highest BCUT2D eigenvalue weighted by atomic mass is 35.5. The molecule has 0 saturated carbocycles. The van der Waals surface area contributed by atoms with E-state index in [0.29, 0.717) is 15.1 Å². The minimum atomic E-state index is -0.00891. The topological polar surface area (TPSA) is 32.3 Å². The lowest BCUT2D eigenvalue weighted by Crippen LogP contribution is -2.07. The second-order valence-corrected chi connectivity index (χ2v) is 5.45. The van der Waals surface area contributed by atoms with Crippen LogP contribution in [0.4, 0.5) is 5.69 Å². The summed E-state index contributed by atoms with van der Waals surface area (Å²) < 4.78 is 0. The molecule has 0 aromatic heterocycles. The molecule has 100 valence electrons. The minimum Gasteiger partial charge on any atom is -0.506 e. The van der Waals surface area contributed by atoms with Crippen molar-refractivity contribution < 1.29 is 5.11 Å². The maximum atomic E-state index is 9.37. The van der Waals surface area contributed by atoms with Crippen molar-refractivity contribution in [1.29, 1.82) is 0 Å². The second kappa shape index (κ2) is 5.91. The molecular formula is C14H12Cl3NO. The summed E-state index contributed by atoms with van der Waals surface area (Å²) in [6.07, 6.45) is 0. The van der Waals surface area contributed by atoms with Crippen molar-refractivity contribution in [2.24, 2.45) is 0 Å². The van der Waals surface area contributed by atoms with Crippen LogP contribution in [0.15, 0.2) is 36.4 Å². The Morgan fingerprint density at radius 2 is 1.74 bits per heavy atom. The number of halogens is 3. The molecule has 0 saturated heterocycles. The molecule has 0 fully saturated rings. The number of anilines is 1. The molecule has 0 heterocycles. The molecule has 0 spiro atoms. The van der Waals surface area contributed by atoms with Crippen LogP contribution >= 0.6 is 34.8 Å². The highest BCUT2D eigenvalue weighted by Gasteiger charge is 2.10. The Hall–Kier alpha value is -1.09. The predicted octanol–water partition coefficient (Wildman–Crippen LogP) is 5.53. The molecule has 1 unspecified atom stereocenters. The van der Waals surface area contributed by atoms with Crippen molar-refractivity contribution in [2.75, 3.05) is 5.32 Å². The fraction of sp³-hybridized carbons (Fsp3) is 0.143. The van der Waals surface area contributed by atoms with Gasteiger partial charge in [0.15, 0.2) is 0 Å². The van der Waals surface area contributed by atoms with Crippen LogP contribution in [0.1, 0.15) is 18.5 Å². The van der Waals surface area contributed by atoms with Gasteiger partial charge in [-0.15, -0.1) is 0 Å². The van der Waals surface area contributed by atoms with Crippen LogP contribution in [-0.2, 0) is 0 Å². The van der Waals surface area contributed by atoms with Gasteiger partial charge in [0.05, 0.1) is 5.02 Å². The molecule has 2 N–H and O–H groups in total. The third-order valence-corrected chi connectivity index (χ3v) is 3.63. The van der Waals surface area contributed by atoms with Gasteiger partial charge in [-0.05, 0) is 42.8 Å². The lowest BCUT2D eigenvalue weighted by Gasteiger charge is -2.17. The molecule has 2 nitrogen and oxygen atoms in total. The van der Waals surface area contributed by atoms with Gasteiger partial charge in [0.2, 0.25) is 0 Å². The first kappa shape index (κ1) is 14.3. The highest BCUT2D eigenvalue weighted by Crippen LogP contribution is 2.31. The zero-order valence-corrected chi connectivity index (χ0v) is 12.4. The SMILES string of the molecule is CC(Nc1ccc(O)c(Cl)c1)c1ccc(Cl)cc1Cl. The van der Waals surface area contributed by atoms with Crippen molar-refractivity contribution in [1.82, 2.24) is 0 Å². The highest BCUT2D eigenvalue weighted by molar-refractivity contribution is 6.35. The summed E-state index contributed by atoms with van der Waals surface area (Å²) in [6, 6.07) is 10.3. The van der Waals surface area contributed by atoms with E-state index in [4.69, 9.17) is 34.8 Å². The number of benzene rings is 2. The molecule has 0 aliphatic rings. The smallest absolute Gasteiger partial charge is 0.134 e.